The van der Waals surface area contributed by atoms with Crippen molar-refractivity contribution in [3.05, 3.63) is 47.5 Å². The van der Waals surface area contributed by atoms with Gasteiger partial charge in [-0.05, 0) is 38.3 Å². The maximum absolute atomic E-state index is 12.0. The van der Waals surface area contributed by atoms with Gasteiger partial charge in [-0.1, -0.05) is 35.9 Å². The van der Waals surface area contributed by atoms with Gasteiger partial charge in [0.1, 0.15) is 11.8 Å². The lowest BCUT2D eigenvalue weighted by molar-refractivity contribution is -0.135. The van der Waals surface area contributed by atoms with E-state index in [-0.39, 0.29) is 5.91 Å². The van der Waals surface area contributed by atoms with Crippen LogP contribution in [0.15, 0.2) is 30.9 Å². The minimum atomic E-state index is -0.817. The van der Waals surface area contributed by atoms with E-state index < -0.39 is 5.54 Å². The van der Waals surface area contributed by atoms with Crippen LogP contribution in [0.5, 0.6) is 0 Å². The van der Waals surface area contributed by atoms with E-state index in [0.717, 1.165) is 29.4 Å². The maximum atomic E-state index is 12.0. The molecule has 1 aliphatic rings. The fourth-order valence-corrected chi connectivity index (χ4v) is 2.97. The molecule has 19 heavy (non-hydrogen) atoms. The highest BCUT2D eigenvalue weighted by atomic mass is 16.2. The SMILES string of the molecule is C=CC(=O)N1CCC[C@@]1(C=O)c1cc(C)cc(C)c1. The van der Waals surface area contributed by atoms with Gasteiger partial charge in [-0.2, -0.15) is 0 Å². The molecule has 0 saturated carbocycles. The Labute approximate surface area is 113 Å². The van der Waals surface area contributed by atoms with Crippen molar-refractivity contribution in [2.75, 3.05) is 6.54 Å². The van der Waals surface area contributed by atoms with E-state index in [9.17, 15) is 9.59 Å². The maximum Gasteiger partial charge on any atom is 0.247 e. The third kappa shape index (κ3) is 2.21. The molecule has 1 amide bonds. The zero-order chi connectivity index (χ0) is 14.0. The number of hydrogen-bond donors (Lipinski definition) is 0. The van der Waals surface area contributed by atoms with Gasteiger partial charge in [0.05, 0.1) is 0 Å². The molecule has 2 rings (SSSR count). The average molecular weight is 257 g/mol. The number of carbonyl (C=O) groups excluding carboxylic acids is 2. The molecule has 1 atom stereocenters. The van der Waals surface area contributed by atoms with E-state index in [2.05, 4.69) is 12.6 Å². The Kier molecular flexibility index (Phi) is 3.56. The van der Waals surface area contributed by atoms with Crippen molar-refractivity contribution in [1.82, 2.24) is 4.90 Å². The molecular formula is C16H19NO2. The molecule has 1 aliphatic heterocycles. The number of rotatable bonds is 3. The lowest BCUT2D eigenvalue weighted by Crippen LogP contribution is -2.45. The van der Waals surface area contributed by atoms with Gasteiger partial charge in [0.15, 0.2) is 0 Å². The van der Waals surface area contributed by atoms with Crippen LogP contribution in [-0.2, 0) is 15.1 Å². The molecule has 100 valence electrons. The first-order valence-electron chi connectivity index (χ1n) is 6.52. The zero-order valence-corrected chi connectivity index (χ0v) is 11.5. The highest BCUT2D eigenvalue weighted by molar-refractivity contribution is 5.91. The molecule has 1 heterocycles. The van der Waals surface area contributed by atoms with Gasteiger partial charge >= 0.3 is 0 Å². The molecule has 0 radical (unpaired) electrons. The smallest absolute Gasteiger partial charge is 0.247 e. The molecule has 0 aromatic heterocycles. The van der Waals surface area contributed by atoms with Crippen molar-refractivity contribution in [2.45, 2.75) is 32.2 Å². The van der Waals surface area contributed by atoms with Gasteiger partial charge in [0.2, 0.25) is 5.91 Å². The number of benzene rings is 1. The van der Waals surface area contributed by atoms with Crippen molar-refractivity contribution in [2.24, 2.45) is 0 Å². The minimum Gasteiger partial charge on any atom is -0.323 e. The number of hydrogen-bond acceptors (Lipinski definition) is 2. The van der Waals surface area contributed by atoms with Crippen molar-refractivity contribution in [1.29, 1.82) is 0 Å². The van der Waals surface area contributed by atoms with E-state index in [0.29, 0.717) is 13.0 Å². The second-order valence-electron chi connectivity index (χ2n) is 5.22. The van der Waals surface area contributed by atoms with Gasteiger partial charge < -0.3 is 9.69 Å². The Balaban J connectivity index is 2.55. The molecule has 3 nitrogen and oxygen atoms in total. The normalized spacial score (nSPS) is 22.3. The van der Waals surface area contributed by atoms with E-state index in [1.165, 1.54) is 6.08 Å². The van der Waals surface area contributed by atoms with Gasteiger partial charge in [0.25, 0.3) is 0 Å². The van der Waals surface area contributed by atoms with Gasteiger partial charge in [0, 0.05) is 6.54 Å². The van der Waals surface area contributed by atoms with Gasteiger partial charge in [-0.15, -0.1) is 0 Å². The molecular weight excluding hydrogens is 238 g/mol. The summed E-state index contributed by atoms with van der Waals surface area (Å²) in [6, 6.07) is 6.06. The Bertz CT molecular complexity index is 515. The van der Waals surface area contributed by atoms with Crippen LogP contribution in [0.1, 0.15) is 29.5 Å². The van der Waals surface area contributed by atoms with Crippen LogP contribution < -0.4 is 0 Å². The molecule has 0 N–H and O–H groups in total. The molecule has 0 aliphatic carbocycles. The van der Waals surface area contributed by atoms with E-state index in [1.807, 2.05) is 26.0 Å². The number of carbonyl (C=O) groups is 2. The van der Waals surface area contributed by atoms with Crippen molar-refractivity contribution in [3.63, 3.8) is 0 Å². The molecule has 1 saturated heterocycles. The van der Waals surface area contributed by atoms with Crippen LogP contribution >= 0.6 is 0 Å². The second kappa shape index (κ2) is 5.00. The Morgan fingerprint density at radius 2 is 1.95 bits per heavy atom. The summed E-state index contributed by atoms with van der Waals surface area (Å²) in [4.78, 5) is 25.4. The summed E-state index contributed by atoms with van der Waals surface area (Å²) in [6.45, 7) is 8.14. The van der Waals surface area contributed by atoms with Crippen molar-refractivity contribution >= 4 is 12.2 Å². The third-order valence-electron chi connectivity index (χ3n) is 3.78. The largest absolute Gasteiger partial charge is 0.323 e. The summed E-state index contributed by atoms with van der Waals surface area (Å²) in [5.41, 5.74) is 2.30. The van der Waals surface area contributed by atoms with E-state index in [1.54, 1.807) is 4.90 Å². The quantitative estimate of drug-likeness (QED) is 0.616. The molecule has 0 bridgehead atoms. The molecule has 1 aromatic rings. The Morgan fingerprint density at radius 1 is 1.32 bits per heavy atom. The molecule has 3 heteroatoms. The number of likely N-dealkylation sites (tertiary alicyclic amines) is 1. The van der Waals surface area contributed by atoms with Crippen LogP contribution in [0.2, 0.25) is 0 Å². The summed E-state index contributed by atoms with van der Waals surface area (Å²) >= 11 is 0. The summed E-state index contributed by atoms with van der Waals surface area (Å²) in [5, 5.41) is 0. The molecule has 1 fully saturated rings. The lowest BCUT2D eigenvalue weighted by Gasteiger charge is -2.34. The minimum absolute atomic E-state index is 0.177. The monoisotopic (exact) mass is 257 g/mol. The van der Waals surface area contributed by atoms with Crippen LogP contribution in [0.3, 0.4) is 0 Å². The van der Waals surface area contributed by atoms with Crippen LogP contribution in [0, 0.1) is 13.8 Å². The number of nitrogens with zero attached hydrogens (tertiary/aromatic N) is 1. The van der Waals surface area contributed by atoms with Crippen LogP contribution in [-0.4, -0.2) is 23.6 Å². The van der Waals surface area contributed by atoms with E-state index >= 15 is 0 Å². The summed E-state index contributed by atoms with van der Waals surface area (Å²) in [5.74, 6) is -0.177. The van der Waals surface area contributed by atoms with Crippen molar-refractivity contribution in [3.8, 4) is 0 Å². The molecule has 0 spiro atoms. The number of aryl methyl sites for hydroxylation is 2. The number of aldehydes is 1. The first-order chi connectivity index (χ1) is 9.03. The van der Waals surface area contributed by atoms with Crippen LogP contribution in [0.25, 0.3) is 0 Å². The predicted octanol–water partition coefficient (Wildman–Crippen LogP) is 2.51. The highest BCUT2D eigenvalue weighted by Gasteiger charge is 2.44. The van der Waals surface area contributed by atoms with E-state index in [4.69, 9.17) is 0 Å². The highest BCUT2D eigenvalue weighted by Crippen LogP contribution is 2.38. The predicted molar refractivity (Wildman–Crippen MR) is 74.8 cm³/mol. The second-order valence-corrected chi connectivity index (χ2v) is 5.22. The first-order valence-corrected chi connectivity index (χ1v) is 6.52. The third-order valence-corrected chi connectivity index (χ3v) is 3.78. The van der Waals surface area contributed by atoms with Crippen molar-refractivity contribution < 1.29 is 9.59 Å². The average Bonchev–Trinajstić information content (AvgIpc) is 2.81. The fourth-order valence-electron chi connectivity index (χ4n) is 2.97. The fraction of sp³-hybridized carbons (Fsp3) is 0.375. The topological polar surface area (TPSA) is 37.4 Å². The van der Waals surface area contributed by atoms with Gasteiger partial charge in [-0.3, -0.25) is 4.79 Å². The Morgan fingerprint density at radius 3 is 2.47 bits per heavy atom. The summed E-state index contributed by atoms with van der Waals surface area (Å²) < 4.78 is 0. The first kappa shape index (κ1) is 13.5. The molecule has 1 aromatic carbocycles. The van der Waals surface area contributed by atoms with Crippen LogP contribution in [0.4, 0.5) is 0 Å². The van der Waals surface area contributed by atoms with Gasteiger partial charge in [-0.25, -0.2) is 0 Å². The lowest BCUT2D eigenvalue weighted by atomic mass is 9.86. The molecule has 0 unspecified atom stereocenters. The zero-order valence-electron chi connectivity index (χ0n) is 11.5. The Hall–Kier alpha value is -1.90. The summed E-state index contributed by atoms with van der Waals surface area (Å²) in [6.07, 6.45) is 3.71. The summed E-state index contributed by atoms with van der Waals surface area (Å²) in [7, 11) is 0. The number of amides is 1. The standard InChI is InChI=1S/C16H19NO2/c1-4-15(19)17-7-5-6-16(17,11-18)14-9-12(2)8-13(3)10-14/h4,8-11H,1,5-7H2,2-3H3/t16-/m1/s1.